The van der Waals surface area contributed by atoms with Crippen molar-refractivity contribution >= 4 is 77.5 Å². The molecule has 0 saturated heterocycles. The van der Waals surface area contributed by atoms with Gasteiger partial charge < -0.3 is 20.3 Å². The largest absolute Gasteiger partial charge is 0.361 e. The Morgan fingerprint density at radius 1 is 0.909 bits per heavy atom. The van der Waals surface area contributed by atoms with Gasteiger partial charge in [0.2, 0.25) is 0 Å². The van der Waals surface area contributed by atoms with Crippen molar-refractivity contribution in [2.75, 3.05) is 5.32 Å². The maximum Gasteiger partial charge on any atom is 0.183 e. The van der Waals surface area contributed by atoms with Gasteiger partial charge >= 0.3 is 0 Å². The van der Waals surface area contributed by atoms with E-state index in [1.165, 1.54) is 0 Å². The summed E-state index contributed by atoms with van der Waals surface area (Å²) in [6.07, 6.45) is 3.64. The van der Waals surface area contributed by atoms with Crippen LogP contribution in [0.4, 0.5) is 11.5 Å². The molecule has 0 radical (unpaired) electrons. The smallest absolute Gasteiger partial charge is 0.183 e. The van der Waals surface area contributed by atoms with Gasteiger partial charge in [0.25, 0.3) is 0 Å². The molecule has 0 atom stereocenters. The van der Waals surface area contributed by atoms with Crippen LogP contribution < -0.4 is 5.32 Å². The zero-order valence-corrected chi connectivity index (χ0v) is 21.0. The number of para-hydroxylation sites is 1. The van der Waals surface area contributed by atoms with Crippen LogP contribution in [0, 0.1) is 4.77 Å². The van der Waals surface area contributed by atoms with Gasteiger partial charge in [0.15, 0.2) is 4.77 Å². The van der Waals surface area contributed by atoms with Crippen LogP contribution >= 0.6 is 44.1 Å². The highest BCUT2D eigenvalue weighted by molar-refractivity contribution is 9.11. The van der Waals surface area contributed by atoms with E-state index in [2.05, 4.69) is 81.4 Å². The molecule has 3 heterocycles. The van der Waals surface area contributed by atoms with Gasteiger partial charge in [0.1, 0.15) is 5.82 Å². The van der Waals surface area contributed by atoms with Crippen LogP contribution in [0.3, 0.4) is 0 Å². The molecule has 0 bridgehead atoms. The Morgan fingerprint density at radius 2 is 1.79 bits per heavy atom. The van der Waals surface area contributed by atoms with Gasteiger partial charge in [-0.05, 0) is 76.7 Å². The number of halogens is 2. The molecule has 4 N–H and O–H groups in total. The first kappa shape index (κ1) is 20.5. The van der Waals surface area contributed by atoms with Gasteiger partial charge in [-0.2, -0.15) is 0 Å². The zero-order valence-electron chi connectivity index (χ0n) is 17.0. The van der Waals surface area contributed by atoms with Crippen LogP contribution in [0.25, 0.3) is 38.9 Å². The summed E-state index contributed by atoms with van der Waals surface area (Å²) in [5.41, 5.74) is 6.71. The summed E-state index contributed by atoms with van der Waals surface area (Å²) in [4.78, 5) is 14.2. The Morgan fingerprint density at radius 3 is 2.67 bits per heavy atom. The fourth-order valence-electron chi connectivity index (χ4n) is 4.04. The number of aromatic nitrogens is 5. The number of benzene rings is 3. The number of nitrogens with one attached hydrogen (secondary N) is 4. The van der Waals surface area contributed by atoms with E-state index in [9.17, 15) is 0 Å². The molecule has 0 aliphatic rings. The molecule has 6 aromatic rings. The lowest BCUT2D eigenvalue weighted by Gasteiger charge is -2.14. The van der Waals surface area contributed by atoms with Gasteiger partial charge in [0, 0.05) is 31.6 Å². The third kappa shape index (κ3) is 3.52. The number of hydrogen-bond acceptors (Lipinski definition) is 3. The molecule has 9 heteroatoms. The molecule has 33 heavy (non-hydrogen) atoms. The fourth-order valence-corrected chi connectivity index (χ4v) is 5.26. The Balaban J connectivity index is 1.63. The minimum atomic E-state index is 0.583. The molecule has 3 aromatic heterocycles. The minimum Gasteiger partial charge on any atom is -0.361 e. The summed E-state index contributed by atoms with van der Waals surface area (Å²) in [7, 11) is 0. The average molecular weight is 580 g/mol. The first-order valence-corrected chi connectivity index (χ1v) is 12.1. The second-order valence-electron chi connectivity index (χ2n) is 7.59. The Kier molecular flexibility index (Phi) is 4.97. The number of anilines is 2. The average Bonchev–Trinajstić information content (AvgIpc) is 3.52. The van der Waals surface area contributed by atoms with Gasteiger partial charge in [-0.15, -0.1) is 0 Å². The summed E-state index contributed by atoms with van der Waals surface area (Å²) in [6.45, 7) is 0. The standard InChI is InChI=1S/C24H16Br2N6S/c25-16-3-1-2-4-18(16)30-23-22(15-9-13-7-8-27-20(13)11-17(15)26)32(24(33)31-23)14-5-6-19-21(10-14)29-12-28-19/h1-12,27,30H,(H,28,29)(H,31,33). The van der Waals surface area contributed by atoms with Crippen molar-refractivity contribution in [3.8, 4) is 16.9 Å². The SMILES string of the molecule is S=c1[nH]c(Nc2ccccc2Br)c(-c2cc3cc[nH]c3cc2Br)n1-c1ccc2nc[nH]c2c1. The van der Waals surface area contributed by atoms with E-state index in [0.29, 0.717) is 4.77 Å². The van der Waals surface area contributed by atoms with Crippen molar-refractivity contribution in [1.82, 2.24) is 24.5 Å². The maximum atomic E-state index is 5.82. The topological polar surface area (TPSA) is 77.2 Å². The van der Waals surface area contributed by atoms with Crippen molar-refractivity contribution in [3.63, 3.8) is 0 Å². The molecule has 6 nitrogen and oxygen atoms in total. The highest BCUT2D eigenvalue weighted by Crippen LogP contribution is 2.40. The van der Waals surface area contributed by atoms with Gasteiger partial charge in [-0.3, -0.25) is 4.57 Å². The summed E-state index contributed by atoms with van der Waals surface area (Å²) in [6, 6.07) is 20.4. The molecule has 0 amide bonds. The summed E-state index contributed by atoms with van der Waals surface area (Å²) < 4.78 is 4.55. The van der Waals surface area contributed by atoms with Crippen molar-refractivity contribution in [3.05, 3.63) is 86.9 Å². The zero-order chi connectivity index (χ0) is 22.5. The van der Waals surface area contributed by atoms with Crippen LogP contribution in [0.1, 0.15) is 0 Å². The number of imidazole rings is 2. The highest BCUT2D eigenvalue weighted by Gasteiger charge is 2.20. The van der Waals surface area contributed by atoms with E-state index in [-0.39, 0.29) is 0 Å². The number of H-pyrrole nitrogens is 3. The molecule has 0 aliphatic carbocycles. The quantitative estimate of drug-likeness (QED) is 0.161. The summed E-state index contributed by atoms with van der Waals surface area (Å²) in [5.74, 6) is 0.798. The number of hydrogen-bond donors (Lipinski definition) is 4. The van der Waals surface area contributed by atoms with Crippen molar-refractivity contribution in [1.29, 1.82) is 0 Å². The molecule has 162 valence electrons. The number of nitrogens with zero attached hydrogens (tertiary/aromatic N) is 2. The minimum absolute atomic E-state index is 0.583. The van der Waals surface area contributed by atoms with Crippen LogP contribution in [-0.2, 0) is 0 Å². The second-order valence-corrected chi connectivity index (χ2v) is 9.69. The number of aromatic amines is 3. The first-order valence-electron chi connectivity index (χ1n) is 10.2. The van der Waals surface area contributed by atoms with Crippen molar-refractivity contribution < 1.29 is 0 Å². The van der Waals surface area contributed by atoms with Crippen LogP contribution in [-0.4, -0.2) is 24.5 Å². The molecule has 0 fully saturated rings. The normalized spacial score (nSPS) is 11.5. The van der Waals surface area contributed by atoms with Crippen LogP contribution in [0.5, 0.6) is 0 Å². The van der Waals surface area contributed by atoms with E-state index >= 15 is 0 Å². The molecular formula is C24H16Br2N6S. The molecule has 0 saturated carbocycles. The summed E-state index contributed by atoms with van der Waals surface area (Å²) >= 11 is 13.2. The Hall–Kier alpha value is -3.14. The Bertz CT molecular complexity index is 1710. The second kappa shape index (κ2) is 8.02. The van der Waals surface area contributed by atoms with E-state index in [1.54, 1.807) is 6.33 Å². The number of rotatable bonds is 4. The fraction of sp³-hybridized carbons (Fsp3) is 0. The lowest BCUT2D eigenvalue weighted by atomic mass is 10.1. The van der Waals surface area contributed by atoms with Gasteiger partial charge in [-0.25, -0.2) is 4.98 Å². The third-order valence-corrected chi connectivity index (χ3v) is 7.22. The van der Waals surface area contributed by atoms with E-state index in [0.717, 1.165) is 59.3 Å². The first-order chi connectivity index (χ1) is 16.1. The Labute approximate surface area is 210 Å². The summed E-state index contributed by atoms with van der Waals surface area (Å²) in [5, 5.41) is 4.65. The van der Waals surface area contributed by atoms with Crippen molar-refractivity contribution in [2.45, 2.75) is 0 Å². The van der Waals surface area contributed by atoms with Crippen molar-refractivity contribution in [2.24, 2.45) is 0 Å². The predicted octanol–water partition coefficient (Wildman–Crippen LogP) is 7.83. The monoisotopic (exact) mass is 578 g/mol. The van der Waals surface area contributed by atoms with E-state index in [4.69, 9.17) is 12.2 Å². The molecule has 6 rings (SSSR count). The molecule has 0 aliphatic heterocycles. The number of fused-ring (bicyclic) bond motifs is 2. The molecule has 3 aromatic carbocycles. The van der Waals surface area contributed by atoms with Gasteiger partial charge in [0.05, 0.1) is 34.4 Å². The molecular weight excluding hydrogens is 564 g/mol. The maximum absolute atomic E-state index is 5.82. The molecule has 0 spiro atoms. The lowest BCUT2D eigenvalue weighted by molar-refractivity contribution is 1.04. The van der Waals surface area contributed by atoms with Crippen LogP contribution in [0.15, 0.2) is 82.1 Å². The van der Waals surface area contributed by atoms with E-state index in [1.807, 2.05) is 47.2 Å². The predicted molar refractivity (Wildman–Crippen MR) is 143 cm³/mol. The molecule has 0 unspecified atom stereocenters. The highest BCUT2D eigenvalue weighted by atomic mass is 79.9. The lowest BCUT2D eigenvalue weighted by Crippen LogP contribution is -2.00. The van der Waals surface area contributed by atoms with Gasteiger partial charge in [-0.1, -0.05) is 28.1 Å². The third-order valence-electron chi connectivity index (χ3n) is 5.59. The van der Waals surface area contributed by atoms with Crippen LogP contribution in [0.2, 0.25) is 0 Å². The van der Waals surface area contributed by atoms with E-state index < -0.39 is 0 Å².